The standard InChI is InChI=1S/C23H24N2O5/c26-21-15-9-1-2-10-16-24(22(27)29-17-19-11-5-3-6-12-19)25(21)23(28)30-18-20-13-7-4-8-14-20/h2-8,10-14H,1,9,15-18H2/b10-2-. The van der Waals surface area contributed by atoms with Crippen LogP contribution in [0.4, 0.5) is 9.59 Å². The molecule has 0 spiro atoms. The first-order valence-electron chi connectivity index (χ1n) is 9.82. The van der Waals surface area contributed by atoms with E-state index >= 15 is 0 Å². The van der Waals surface area contributed by atoms with Crippen molar-refractivity contribution in [3.63, 3.8) is 0 Å². The first-order valence-corrected chi connectivity index (χ1v) is 9.82. The van der Waals surface area contributed by atoms with Gasteiger partial charge in [-0.25, -0.2) is 14.6 Å². The molecule has 0 N–H and O–H groups in total. The average Bonchev–Trinajstić information content (AvgIpc) is 2.87. The van der Waals surface area contributed by atoms with E-state index in [-0.39, 0.29) is 26.2 Å². The zero-order chi connectivity index (χ0) is 21.2. The van der Waals surface area contributed by atoms with Gasteiger partial charge in [0.1, 0.15) is 13.2 Å². The van der Waals surface area contributed by atoms with E-state index in [2.05, 4.69) is 0 Å². The number of hydrogen-bond donors (Lipinski definition) is 0. The highest BCUT2D eigenvalue weighted by atomic mass is 16.6. The molecule has 156 valence electrons. The Morgan fingerprint density at radius 2 is 1.37 bits per heavy atom. The number of nitrogens with zero attached hydrogens (tertiary/aromatic N) is 2. The van der Waals surface area contributed by atoms with Gasteiger partial charge in [-0.2, -0.15) is 0 Å². The number of rotatable bonds is 4. The molecule has 0 radical (unpaired) electrons. The second-order valence-corrected chi connectivity index (χ2v) is 6.73. The molecule has 0 saturated carbocycles. The zero-order valence-electron chi connectivity index (χ0n) is 16.6. The molecule has 0 aromatic heterocycles. The summed E-state index contributed by atoms with van der Waals surface area (Å²) in [5.74, 6) is -0.506. The Morgan fingerprint density at radius 1 is 0.800 bits per heavy atom. The van der Waals surface area contributed by atoms with Crippen LogP contribution >= 0.6 is 0 Å². The summed E-state index contributed by atoms with van der Waals surface area (Å²) in [7, 11) is 0. The smallest absolute Gasteiger partial charge is 0.436 e. The van der Waals surface area contributed by atoms with Crippen molar-refractivity contribution in [2.24, 2.45) is 0 Å². The quantitative estimate of drug-likeness (QED) is 0.699. The van der Waals surface area contributed by atoms with E-state index < -0.39 is 18.1 Å². The fourth-order valence-corrected chi connectivity index (χ4v) is 2.92. The van der Waals surface area contributed by atoms with Gasteiger partial charge in [0.25, 0.3) is 5.91 Å². The molecule has 7 heteroatoms. The van der Waals surface area contributed by atoms with Gasteiger partial charge in [0.05, 0.1) is 6.54 Å². The monoisotopic (exact) mass is 408 g/mol. The molecular weight excluding hydrogens is 384 g/mol. The number of ether oxygens (including phenoxy) is 2. The molecule has 0 fully saturated rings. The number of carbonyl (C=O) groups is 3. The predicted molar refractivity (Wildman–Crippen MR) is 110 cm³/mol. The number of benzene rings is 2. The van der Waals surface area contributed by atoms with E-state index in [0.29, 0.717) is 12.8 Å². The van der Waals surface area contributed by atoms with Crippen molar-refractivity contribution in [2.75, 3.05) is 6.54 Å². The van der Waals surface area contributed by atoms with E-state index in [1.165, 1.54) is 0 Å². The molecule has 1 aliphatic rings. The summed E-state index contributed by atoms with van der Waals surface area (Å²) >= 11 is 0. The largest absolute Gasteiger partial charge is 0.443 e. The van der Waals surface area contributed by atoms with E-state index in [4.69, 9.17) is 9.47 Å². The molecule has 0 aliphatic carbocycles. The summed E-state index contributed by atoms with van der Waals surface area (Å²) in [6, 6.07) is 18.3. The minimum atomic E-state index is -0.907. The second kappa shape index (κ2) is 10.8. The van der Waals surface area contributed by atoms with Gasteiger partial charge in [0.15, 0.2) is 0 Å². The lowest BCUT2D eigenvalue weighted by molar-refractivity contribution is -0.142. The number of carbonyl (C=O) groups excluding carboxylic acids is 3. The first kappa shape index (κ1) is 21.1. The van der Waals surface area contributed by atoms with Crippen molar-refractivity contribution in [2.45, 2.75) is 32.5 Å². The minimum Gasteiger partial charge on any atom is -0.443 e. The third-order valence-corrected chi connectivity index (χ3v) is 4.48. The predicted octanol–water partition coefficient (Wildman–Crippen LogP) is 4.45. The van der Waals surface area contributed by atoms with Gasteiger partial charge in [-0.1, -0.05) is 72.8 Å². The van der Waals surface area contributed by atoms with E-state index in [1.807, 2.05) is 66.7 Å². The molecule has 0 bridgehead atoms. The van der Waals surface area contributed by atoms with Gasteiger partial charge in [-0.15, -0.1) is 5.01 Å². The van der Waals surface area contributed by atoms with Crippen LogP contribution in [0.2, 0.25) is 0 Å². The van der Waals surface area contributed by atoms with Gasteiger partial charge in [0.2, 0.25) is 0 Å². The Labute approximate surface area is 175 Å². The highest BCUT2D eigenvalue weighted by Crippen LogP contribution is 2.14. The van der Waals surface area contributed by atoms with Gasteiger partial charge in [-0.05, 0) is 24.0 Å². The Hall–Kier alpha value is -3.61. The van der Waals surface area contributed by atoms with Crippen LogP contribution in [0.15, 0.2) is 72.8 Å². The first-order chi connectivity index (χ1) is 14.6. The van der Waals surface area contributed by atoms with Crippen molar-refractivity contribution in [1.82, 2.24) is 10.0 Å². The normalized spacial score (nSPS) is 15.5. The lowest BCUT2D eigenvalue weighted by atomic mass is 10.2. The molecule has 0 unspecified atom stereocenters. The fraction of sp³-hybridized carbons (Fsp3) is 0.261. The van der Waals surface area contributed by atoms with E-state index in [1.54, 1.807) is 6.08 Å². The molecule has 30 heavy (non-hydrogen) atoms. The van der Waals surface area contributed by atoms with Crippen LogP contribution in [-0.4, -0.2) is 34.7 Å². The maximum Gasteiger partial charge on any atom is 0.436 e. The Balaban J connectivity index is 1.73. The summed E-state index contributed by atoms with van der Waals surface area (Å²) in [5, 5.41) is 1.74. The summed E-state index contributed by atoms with van der Waals surface area (Å²) in [5.41, 5.74) is 1.58. The van der Waals surface area contributed by atoms with Crippen molar-refractivity contribution in [1.29, 1.82) is 0 Å². The van der Waals surface area contributed by atoms with Crippen molar-refractivity contribution >= 4 is 18.1 Å². The Kier molecular flexibility index (Phi) is 7.60. The lowest BCUT2D eigenvalue weighted by Crippen LogP contribution is -2.53. The third kappa shape index (κ3) is 5.94. The highest BCUT2D eigenvalue weighted by Gasteiger charge is 2.33. The summed E-state index contributed by atoms with van der Waals surface area (Å²) in [6.45, 7) is 0.0486. The SMILES string of the molecule is O=C(OCc1ccccc1)N1C/C=C\CCCC(=O)N1C(=O)OCc1ccccc1. The van der Waals surface area contributed by atoms with Crippen LogP contribution in [-0.2, 0) is 27.5 Å². The van der Waals surface area contributed by atoms with Gasteiger partial charge >= 0.3 is 12.2 Å². The number of hydrogen-bond acceptors (Lipinski definition) is 5. The van der Waals surface area contributed by atoms with Crippen molar-refractivity contribution in [3.8, 4) is 0 Å². The number of allylic oxidation sites excluding steroid dienone is 1. The molecule has 1 heterocycles. The van der Waals surface area contributed by atoms with Crippen molar-refractivity contribution in [3.05, 3.63) is 83.9 Å². The van der Waals surface area contributed by atoms with Crippen LogP contribution in [0.25, 0.3) is 0 Å². The fourth-order valence-electron chi connectivity index (χ4n) is 2.92. The third-order valence-electron chi connectivity index (χ3n) is 4.48. The van der Waals surface area contributed by atoms with Crippen LogP contribution in [0.1, 0.15) is 30.4 Å². The number of amides is 3. The Morgan fingerprint density at radius 3 is 1.97 bits per heavy atom. The summed E-state index contributed by atoms with van der Waals surface area (Å²) in [6.07, 6.45) is 3.29. The maximum absolute atomic E-state index is 12.8. The second-order valence-electron chi connectivity index (χ2n) is 6.73. The highest BCUT2D eigenvalue weighted by molar-refractivity contribution is 5.93. The topological polar surface area (TPSA) is 76.2 Å². The molecule has 2 aromatic carbocycles. The van der Waals surface area contributed by atoms with Gasteiger partial charge in [0, 0.05) is 6.42 Å². The minimum absolute atomic E-state index is 0.00774. The van der Waals surface area contributed by atoms with Gasteiger partial charge in [-0.3, -0.25) is 4.79 Å². The number of imide groups is 1. The Bertz CT molecular complexity index is 883. The van der Waals surface area contributed by atoms with Crippen LogP contribution in [0.5, 0.6) is 0 Å². The molecular formula is C23H24N2O5. The lowest BCUT2D eigenvalue weighted by Gasteiger charge is -2.30. The summed E-state index contributed by atoms with van der Waals surface area (Å²) in [4.78, 5) is 38.2. The van der Waals surface area contributed by atoms with E-state index in [0.717, 1.165) is 21.1 Å². The maximum atomic E-state index is 12.8. The molecule has 3 amide bonds. The molecule has 3 rings (SSSR count). The molecule has 2 aromatic rings. The van der Waals surface area contributed by atoms with Crippen LogP contribution in [0.3, 0.4) is 0 Å². The summed E-state index contributed by atoms with van der Waals surface area (Å²) < 4.78 is 10.7. The van der Waals surface area contributed by atoms with Gasteiger partial charge < -0.3 is 9.47 Å². The molecule has 1 aliphatic heterocycles. The van der Waals surface area contributed by atoms with E-state index in [9.17, 15) is 14.4 Å². The zero-order valence-corrected chi connectivity index (χ0v) is 16.6. The van der Waals surface area contributed by atoms with Crippen LogP contribution in [0, 0.1) is 0 Å². The number of hydrazine groups is 1. The van der Waals surface area contributed by atoms with Crippen molar-refractivity contribution < 1.29 is 23.9 Å². The molecule has 7 nitrogen and oxygen atoms in total. The average molecular weight is 408 g/mol. The van der Waals surface area contributed by atoms with Crippen LogP contribution < -0.4 is 0 Å². The molecule has 0 saturated heterocycles. The molecule has 0 atom stereocenters.